The fourth-order valence-corrected chi connectivity index (χ4v) is 7.33. The average Bonchev–Trinajstić information content (AvgIpc) is 3.24. The highest BCUT2D eigenvalue weighted by molar-refractivity contribution is 7.99. The van der Waals surface area contributed by atoms with Gasteiger partial charge in [-0.15, -0.1) is 11.8 Å². The standard InChI is InChI=1S/C46H43N3O6S/c1-31(51)48-37-21-25-42(26-22-37)56-30-41-27-44(34-13-11-32(29-50)12-14-34)55-45(54-41)35-17-15-33(16-18-35)43-10-6-5-7-36(43)28-47-46(52)49-38-19-23-40(24-20-38)53-39-8-3-2-4-9-39/h2-26,41,44-45,50H,27-30H2,1H3,(H,48,51)(H2,47,49,52)/t41-,44+,45+/m0/s1. The second kappa shape index (κ2) is 18.6. The largest absolute Gasteiger partial charge is 0.457 e. The Kier molecular flexibility index (Phi) is 12.8. The Balaban J connectivity index is 0.996. The lowest BCUT2D eigenvalue weighted by Crippen LogP contribution is -2.31. The summed E-state index contributed by atoms with van der Waals surface area (Å²) >= 11 is 1.70. The molecule has 1 aliphatic heterocycles. The number of rotatable bonds is 13. The lowest BCUT2D eigenvalue weighted by Gasteiger charge is -2.36. The molecule has 9 nitrogen and oxygen atoms in total. The predicted octanol–water partition coefficient (Wildman–Crippen LogP) is 10.3. The molecule has 1 heterocycles. The topological polar surface area (TPSA) is 118 Å². The first-order chi connectivity index (χ1) is 27.4. The minimum absolute atomic E-state index is 0.0171. The van der Waals surface area contributed by atoms with E-state index in [4.69, 9.17) is 14.2 Å². The number of aliphatic hydroxyl groups excluding tert-OH is 1. The number of benzene rings is 6. The first-order valence-corrected chi connectivity index (χ1v) is 19.4. The van der Waals surface area contributed by atoms with Gasteiger partial charge in [0, 0.05) is 47.5 Å². The molecule has 3 atom stereocenters. The molecule has 0 radical (unpaired) electrons. The van der Waals surface area contributed by atoms with Crippen molar-refractivity contribution in [1.82, 2.24) is 5.32 Å². The quantitative estimate of drug-likeness (QED) is 0.0865. The third-order valence-corrected chi connectivity index (χ3v) is 10.4. The maximum atomic E-state index is 12.9. The van der Waals surface area contributed by atoms with Gasteiger partial charge in [-0.1, -0.05) is 91.0 Å². The molecule has 1 saturated heterocycles. The van der Waals surface area contributed by atoms with E-state index in [2.05, 4.69) is 28.1 Å². The first-order valence-electron chi connectivity index (χ1n) is 18.5. The predicted molar refractivity (Wildman–Crippen MR) is 221 cm³/mol. The van der Waals surface area contributed by atoms with E-state index in [9.17, 15) is 14.7 Å². The van der Waals surface area contributed by atoms with Crippen LogP contribution in [0.2, 0.25) is 0 Å². The second-order valence-electron chi connectivity index (χ2n) is 13.4. The number of hydrogen-bond acceptors (Lipinski definition) is 7. The fourth-order valence-electron chi connectivity index (χ4n) is 6.41. The summed E-state index contributed by atoms with van der Waals surface area (Å²) in [5.41, 5.74) is 7.17. The van der Waals surface area contributed by atoms with Crippen LogP contribution < -0.4 is 20.7 Å². The van der Waals surface area contributed by atoms with Crippen LogP contribution in [0.3, 0.4) is 0 Å². The van der Waals surface area contributed by atoms with Crippen LogP contribution in [0.4, 0.5) is 16.2 Å². The van der Waals surface area contributed by atoms with Crippen molar-refractivity contribution < 1.29 is 28.9 Å². The zero-order chi connectivity index (χ0) is 38.7. The molecule has 0 saturated carbocycles. The molecular weight excluding hydrogens is 723 g/mol. The molecule has 7 rings (SSSR count). The summed E-state index contributed by atoms with van der Waals surface area (Å²) in [7, 11) is 0. The minimum Gasteiger partial charge on any atom is -0.457 e. The number of anilines is 2. The summed E-state index contributed by atoms with van der Waals surface area (Å²) in [4.78, 5) is 25.4. The van der Waals surface area contributed by atoms with Crippen molar-refractivity contribution in [1.29, 1.82) is 0 Å². The Morgan fingerprint density at radius 2 is 1.36 bits per heavy atom. The van der Waals surface area contributed by atoms with E-state index < -0.39 is 6.29 Å². The van der Waals surface area contributed by atoms with E-state index in [0.29, 0.717) is 30.2 Å². The number of amides is 3. The molecular formula is C46H43N3O6S. The van der Waals surface area contributed by atoms with E-state index in [1.807, 2.05) is 127 Å². The van der Waals surface area contributed by atoms with Crippen LogP contribution in [-0.2, 0) is 27.4 Å². The van der Waals surface area contributed by atoms with E-state index in [0.717, 1.165) is 49.7 Å². The number of urea groups is 1. The van der Waals surface area contributed by atoms with Gasteiger partial charge in [0.05, 0.1) is 18.8 Å². The van der Waals surface area contributed by atoms with Gasteiger partial charge in [0.1, 0.15) is 11.5 Å². The number of ether oxygens (including phenoxy) is 3. The highest BCUT2D eigenvalue weighted by Crippen LogP contribution is 2.40. The Morgan fingerprint density at radius 3 is 2.07 bits per heavy atom. The van der Waals surface area contributed by atoms with Crippen LogP contribution in [0, 0.1) is 0 Å². The minimum atomic E-state index is -0.590. The molecule has 0 bridgehead atoms. The van der Waals surface area contributed by atoms with Crippen LogP contribution >= 0.6 is 11.8 Å². The number of hydrogen-bond donors (Lipinski definition) is 4. The van der Waals surface area contributed by atoms with Crippen molar-refractivity contribution in [3.05, 3.63) is 174 Å². The normalized spacial score (nSPS) is 16.4. The van der Waals surface area contributed by atoms with Gasteiger partial charge in [0.15, 0.2) is 6.29 Å². The van der Waals surface area contributed by atoms with Gasteiger partial charge in [0.2, 0.25) is 5.91 Å². The van der Waals surface area contributed by atoms with Gasteiger partial charge in [0.25, 0.3) is 0 Å². The maximum Gasteiger partial charge on any atom is 0.319 e. The summed E-state index contributed by atoms with van der Waals surface area (Å²) in [6.07, 6.45) is -0.221. The summed E-state index contributed by atoms with van der Waals surface area (Å²) in [5.74, 6) is 2.03. The Labute approximate surface area is 331 Å². The van der Waals surface area contributed by atoms with Gasteiger partial charge >= 0.3 is 6.03 Å². The van der Waals surface area contributed by atoms with Gasteiger partial charge in [-0.25, -0.2) is 4.79 Å². The van der Waals surface area contributed by atoms with Crippen LogP contribution in [0.1, 0.15) is 48.0 Å². The first kappa shape index (κ1) is 38.4. The van der Waals surface area contributed by atoms with E-state index in [1.165, 1.54) is 6.92 Å². The SMILES string of the molecule is CC(=O)Nc1ccc(SC[C@@H]2C[C@H](c3ccc(CO)cc3)O[C@H](c3ccc(-c4ccccc4CNC(=O)Nc4ccc(Oc5ccccc5)cc4)cc3)O2)cc1. The van der Waals surface area contributed by atoms with E-state index >= 15 is 0 Å². The highest BCUT2D eigenvalue weighted by atomic mass is 32.2. The third-order valence-electron chi connectivity index (χ3n) is 9.27. The molecule has 6 aromatic carbocycles. The molecule has 0 unspecified atom stereocenters. The van der Waals surface area contributed by atoms with Crippen molar-refractivity contribution in [3.8, 4) is 22.6 Å². The summed E-state index contributed by atoms with van der Waals surface area (Å²) < 4.78 is 19.0. The fraction of sp³-hybridized carbons (Fsp3) is 0.174. The van der Waals surface area contributed by atoms with E-state index in [1.54, 1.807) is 23.9 Å². The number of carbonyl (C=O) groups is 2. The third kappa shape index (κ3) is 10.4. The van der Waals surface area contributed by atoms with Gasteiger partial charge < -0.3 is 35.3 Å². The smallest absolute Gasteiger partial charge is 0.319 e. The lowest BCUT2D eigenvalue weighted by molar-refractivity contribution is -0.245. The number of para-hydroxylation sites is 1. The van der Waals surface area contributed by atoms with Crippen LogP contribution in [0.5, 0.6) is 11.5 Å². The van der Waals surface area contributed by atoms with Gasteiger partial charge in [-0.3, -0.25) is 4.79 Å². The van der Waals surface area contributed by atoms with Crippen molar-refractivity contribution in [3.63, 3.8) is 0 Å². The monoisotopic (exact) mass is 765 g/mol. The molecule has 1 fully saturated rings. The van der Waals surface area contributed by atoms with Gasteiger partial charge in [-0.05, 0) is 88.5 Å². The number of aliphatic hydroxyl groups is 1. The number of thioether (sulfide) groups is 1. The Morgan fingerprint density at radius 1 is 0.714 bits per heavy atom. The molecule has 3 amide bonds. The van der Waals surface area contributed by atoms with Crippen LogP contribution in [-0.4, -0.2) is 28.9 Å². The van der Waals surface area contributed by atoms with E-state index in [-0.39, 0.29) is 30.8 Å². The molecule has 6 aromatic rings. The zero-order valence-corrected chi connectivity index (χ0v) is 31.7. The second-order valence-corrected chi connectivity index (χ2v) is 14.5. The lowest BCUT2D eigenvalue weighted by atomic mass is 9.98. The molecule has 10 heteroatoms. The Bertz CT molecular complexity index is 2200. The highest BCUT2D eigenvalue weighted by Gasteiger charge is 2.32. The maximum absolute atomic E-state index is 12.9. The molecule has 284 valence electrons. The van der Waals surface area contributed by atoms with Crippen molar-refractivity contribution >= 4 is 35.1 Å². The summed E-state index contributed by atoms with van der Waals surface area (Å²) in [6, 6.07) is 48.3. The summed E-state index contributed by atoms with van der Waals surface area (Å²) in [6.45, 7) is 1.81. The number of carbonyl (C=O) groups excluding carboxylic acids is 2. The molecule has 0 aromatic heterocycles. The Hall–Kier alpha value is -5.91. The molecule has 1 aliphatic rings. The molecule has 0 spiro atoms. The molecule has 56 heavy (non-hydrogen) atoms. The van der Waals surface area contributed by atoms with Gasteiger partial charge in [-0.2, -0.15) is 0 Å². The van der Waals surface area contributed by atoms with Crippen LogP contribution in [0.15, 0.2) is 157 Å². The average molecular weight is 766 g/mol. The summed E-state index contributed by atoms with van der Waals surface area (Å²) in [5, 5.41) is 18.3. The van der Waals surface area contributed by atoms with Crippen LogP contribution in [0.25, 0.3) is 11.1 Å². The number of nitrogens with one attached hydrogen (secondary N) is 3. The molecule has 4 N–H and O–H groups in total. The van der Waals surface area contributed by atoms with Crippen molar-refractivity contribution in [2.24, 2.45) is 0 Å². The van der Waals surface area contributed by atoms with Crippen molar-refractivity contribution in [2.45, 2.75) is 49.9 Å². The van der Waals surface area contributed by atoms with Crippen molar-refractivity contribution in [2.75, 3.05) is 16.4 Å². The zero-order valence-electron chi connectivity index (χ0n) is 30.9. The molecule has 0 aliphatic carbocycles.